The van der Waals surface area contributed by atoms with Gasteiger partial charge in [0.15, 0.2) is 0 Å². The number of nitrogens with zero attached hydrogens (tertiary/aromatic N) is 1. The molecule has 1 aromatic heterocycles. The fraction of sp³-hybridized carbons (Fsp3) is 0.214. The number of rotatable bonds is 4. The van der Waals surface area contributed by atoms with Crippen LogP contribution in [-0.4, -0.2) is 16.3 Å². The van der Waals surface area contributed by atoms with E-state index < -0.39 is 10.8 Å². The van der Waals surface area contributed by atoms with Crippen LogP contribution in [0.3, 0.4) is 0 Å². The van der Waals surface area contributed by atoms with E-state index in [9.17, 15) is 4.21 Å². The van der Waals surface area contributed by atoms with Crippen LogP contribution in [-0.2, 0) is 16.6 Å². The second kappa shape index (κ2) is 5.84. The average Bonchev–Trinajstić information content (AvgIpc) is 2.42. The first-order valence-corrected chi connectivity index (χ1v) is 7.16. The molecule has 0 saturated carbocycles. The van der Waals surface area contributed by atoms with Crippen molar-refractivity contribution in [1.29, 1.82) is 0 Å². The Morgan fingerprint density at radius 2 is 2.11 bits per heavy atom. The maximum atomic E-state index is 12.4. The van der Waals surface area contributed by atoms with Gasteiger partial charge in [-0.25, -0.2) is 4.98 Å². The Balaban J connectivity index is 2.28. The Bertz CT molecular complexity index is 614. The van der Waals surface area contributed by atoms with Gasteiger partial charge in [-0.1, -0.05) is 12.1 Å². The molecule has 0 bridgehead atoms. The molecule has 1 aromatic carbocycles. The number of hydrogen-bond acceptors (Lipinski definition) is 4. The summed E-state index contributed by atoms with van der Waals surface area (Å²) in [7, 11) is 0.388. The van der Waals surface area contributed by atoms with Gasteiger partial charge in [-0.05, 0) is 30.7 Å². The van der Waals surface area contributed by atoms with E-state index >= 15 is 0 Å². The Kier molecular flexibility index (Phi) is 4.16. The third-order valence-corrected chi connectivity index (χ3v) is 4.41. The second-order valence-corrected chi connectivity index (χ2v) is 5.55. The minimum absolute atomic E-state index is 0.362. The number of pyridine rings is 1. The van der Waals surface area contributed by atoms with Crippen molar-refractivity contribution in [3.05, 3.63) is 47.7 Å². The van der Waals surface area contributed by atoms with Crippen molar-refractivity contribution in [2.75, 3.05) is 12.8 Å². The molecule has 0 aliphatic rings. The lowest BCUT2D eigenvalue weighted by Crippen LogP contribution is -2.03. The van der Waals surface area contributed by atoms with E-state index in [1.807, 2.05) is 25.1 Å². The van der Waals surface area contributed by atoms with Gasteiger partial charge in [0, 0.05) is 22.3 Å². The van der Waals surface area contributed by atoms with Gasteiger partial charge < -0.3 is 10.5 Å². The van der Waals surface area contributed by atoms with E-state index in [-0.39, 0.29) is 0 Å². The molecule has 2 N–H and O–H groups in total. The summed E-state index contributed by atoms with van der Waals surface area (Å²) in [6.07, 6.45) is 1.65. The average molecular weight is 276 g/mol. The summed E-state index contributed by atoms with van der Waals surface area (Å²) in [5.74, 6) is 0.874. The van der Waals surface area contributed by atoms with Crippen molar-refractivity contribution < 1.29 is 8.95 Å². The Morgan fingerprint density at radius 3 is 2.84 bits per heavy atom. The largest absolute Gasteiger partial charge is 0.481 e. The maximum Gasteiger partial charge on any atom is 0.217 e. The second-order valence-electron chi connectivity index (χ2n) is 4.13. The standard InChI is InChI=1S/C14H16N2O2S/c1-10-12(15)6-3-7-13(10)19(17)9-11-5-4-8-16-14(11)18-2/h3-8H,9,15H2,1-2H3. The highest BCUT2D eigenvalue weighted by molar-refractivity contribution is 7.84. The zero-order valence-corrected chi connectivity index (χ0v) is 11.7. The number of nitrogen functional groups attached to an aromatic ring is 1. The summed E-state index contributed by atoms with van der Waals surface area (Å²) in [5.41, 5.74) is 8.18. The maximum absolute atomic E-state index is 12.4. The Hall–Kier alpha value is -1.88. The van der Waals surface area contributed by atoms with Crippen LogP contribution in [0, 0.1) is 6.92 Å². The van der Waals surface area contributed by atoms with Gasteiger partial charge in [-0.2, -0.15) is 0 Å². The molecule has 1 unspecified atom stereocenters. The molecule has 0 saturated heterocycles. The Labute approximate surface area is 115 Å². The van der Waals surface area contributed by atoms with E-state index in [0.29, 0.717) is 17.3 Å². The number of nitrogens with two attached hydrogens (primary N) is 1. The first kappa shape index (κ1) is 13.5. The predicted molar refractivity (Wildman–Crippen MR) is 76.5 cm³/mol. The Morgan fingerprint density at radius 1 is 1.32 bits per heavy atom. The van der Waals surface area contributed by atoms with E-state index in [0.717, 1.165) is 16.0 Å². The van der Waals surface area contributed by atoms with Gasteiger partial charge in [0.1, 0.15) is 0 Å². The van der Waals surface area contributed by atoms with Gasteiger partial charge in [0.05, 0.1) is 23.7 Å². The van der Waals surface area contributed by atoms with E-state index in [1.54, 1.807) is 25.4 Å². The summed E-state index contributed by atoms with van der Waals surface area (Å²) in [4.78, 5) is 4.86. The highest BCUT2D eigenvalue weighted by Gasteiger charge is 2.12. The molecule has 100 valence electrons. The molecule has 19 heavy (non-hydrogen) atoms. The molecular formula is C14H16N2O2S. The van der Waals surface area contributed by atoms with Crippen LogP contribution in [0.1, 0.15) is 11.1 Å². The fourth-order valence-electron chi connectivity index (χ4n) is 1.81. The normalized spacial score (nSPS) is 12.1. The molecule has 0 aliphatic heterocycles. The summed E-state index contributed by atoms with van der Waals surface area (Å²) >= 11 is 0. The van der Waals surface area contributed by atoms with E-state index in [1.165, 1.54) is 0 Å². The van der Waals surface area contributed by atoms with Crippen LogP contribution in [0.15, 0.2) is 41.4 Å². The molecule has 1 atom stereocenters. The lowest BCUT2D eigenvalue weighted by Gasteiger charge is -2.10. The zero-order chi connectivity index (χ0) is 13.8. The molecule has 0 amide bonds. The van der Waals surface area contributed by atoms with Crippen LogP contribution >= 0.6 is 0 Å². The molecule has 2 aromatic rings. The molecule has 0 radical (unpaired) electrons. The molecule has 0 fully saturated rings. The zero-order valence-electron chi connectivity index (χ0n) is 10.9. The molecule has 1 heterocycles. The van der Waals surface area contributed by atoms with Crippen molar-refractivity contribution in [2.24, 2.45) is 0 Å². The lowest BCUT2D eigenvalue weighted by molar-refractivity contribution is 0.394. The highest BCUT2D eigenvalue weighted by atomic mass is 32.2. The number of aromatic nitrogens is 1. The van der Waals surface area contributed by atoms with Gasteiger partial charge in [-0.15, -0.1) is 0 Å². The highest BCUT2D eigenvalue weighted by Crippen LogP contribution is 2.23. The van der Waals surface area contributed by atoms with Crippen molar-refractivity contribution >= 4 is 16.5 Å². The number of hydrogen-bond donors (Lipinski definition) is 1. The van der Waals surface area contributed by atoms with Gasteiger partial charge >= 0.3 is 0 Å². The summed E-state index contributed by atoms with van der Waals surface area (Å²) < 4.78 is 17.6. The van der Waals surface area contributed by atoms with Crippen molar-refractivity contribution in [2.45, 2.75) is 17.6 Å². The third kappa shape index (κ3) is 2.93. The smallest absolute Gasteiger partial charge is 0.217 e. The topological polar surface area (TPSA) is 65.2 Å². The molecule has 2 rings (SSSR count). The molecule has 0 aliphatic carbocycles. The number of methoxy groups -OCH3 is 1. The van der Waals surface area contributed by atoms with Gasteiger partial charge in [0.25, 0.3) is 0 Å². The van der Waals surface area contributed by atoms with Gasteiger partial charge in [-0.3, -0.25) is 4.21 Å². The number of anilines is 1. The van der Waals surface area contributed by atoms with Crippen molar-refractivity contribution in [1.82, 2.24) is 4.98 Å². The molecule has 5 heteroatoms. The van der Waals surface area contributed by atoms with Crippen LogP contribution < -0.4 is 10.5 Å². The number of benzene rings is 1. The summed E-state index contributed by atoms with van der Waals surface area (Å²) in [6, 6.07) is 9.13. The molecule has 4 nitrogen and oxygen atoms in total. The van der Waals surface area contributed by atoms with E-state index in [4.69, 9.17) is 10.5 Å². The fourth-order valence-corrected chi connectivity index (χ4v) is 3.16. The summed E-state index contributed by atoms with van der Waals surface area (Å²) in [6.45, 7) is 1.88. The van der Waals surface area contributed by atoms with Gasteiger partial charge in [0.2, 0.25) is 5.88 Å². The first-order valence-electron chi connectivity index (χ1n) is 5.85. The minimum atomic E-state index is -1.17. The summed E-state index contributed by atoms with van der Waals surface area (Å²) in [5, 5.41) is 0. The SMILES string of the molecule is COc1ncccc1CS(=O)c1cccc(N)c1C. The number of ether oxygens (including phenoxy) is 1. The first-order chi connectivity index (χ1) is 9.13. The molecule has 0 spiro atoms. The predicted octanol–water partition coefficient (Wildman–Crippen LogP) is 2.29. The molecular weight excluding hydrogens is 260 g/mol. The van der Waals surface area contributed by atoms with Crippen LogP contribution in [0.2, 0.25) is 0 Å². The minimum Gasteiger partial charge on any atom is -0.481 e. The van der Waals surface area contributed by atoms with Crippen LogP contribution in [0.4, 0.5) is 5.69 Å². The van der Waals surface area contributed by atoms with Crippen LogP contribution in [0.25, 0.3) is 0 Å². The quantitative estimate of drug-likeness (QED) is 0.870. The van der Waals surface area contributed by atoms with E-state index in [2.05, 4.69) is 4.98 Å². The van der Waals surface area contributed by atoms with Crippen molar-refractivity contribution in [3.63, 3.8) is 0 Å². The third-order valence-electron chi connectivity index (χ3n) is 2.90. The monoisotopic (exact) mass is 276 g/mol. The lowest BCUT2D eigenvalue weighted by atomic mass is 10.2. The van der Waals surface area contributed by atoms with Crippen LogP contribution in [0.5, 0.6) is 5.88 Å². The van der Waals surface area contributed by atoms with Crippen molar-refractivity contribution in [3.8, 4) is 5.88 Å².